The Morgan fingerprint density at radius 1 is 1.00 bits per heavy atom. The number of hydrogen-bond acceptors (Lipinski definition) is 5. The van der Waals surface area contributed by atoms with Crippen molar-refractivity contribution in [2.45, 2.75) is 11.6 Å². The molecule has 162 valence electrons. The van der Waals surface area contributed by atoms with E-state index in [9.17, 15) is 9.59 Å². The van der Waals surface area contributed by atoms with Gasteiger partial charge >= 0.3 is 0 Å². The molecule has 2 aromatic carbocycles. The molecule has 0 spiro atoms. The molecule has 0 fully saturated rings. The van der Waals surface area contributed by atoms with Crippen molar-refractivity contribution in [1.29, 1.82) is 0 Å². The maximum absolute atomic E-state index is 12.3. The summed E-state index contributed by atoms with van der Waals surface area (Å²) in [4.78, 5) is 24.5. The van der Waals surface area contributed by atoms with Gasteiger partial charge in [-0.2, -0.15) is 0 Å². The lowest BCUT2D eigenvalue weighted by Gasteiger charge is -2.08. The molecule has 0 aliphatic rings. The van der Waals surface area contributed by atoms with Crippen LogP contribution in [0.5, 0.6) is 0 Å². The molecule has 7 nitrogen and oxygen atoms in total. The number of nitrogens with zero attached hydrogens (tertiary/aromatic N) is 3. The highest BCUT2D eigenvalue weighted by Crippen LogP contribution is 2.29. The van der Waals surface area contributed by atoms with Crippen molar-refractivity contribution in [2.75, 3.05) is 16.4 Å². The second-order valence-electron chi connectivity index (χ2n) is 6.28. The summed E-state index contributed by atoms with van der Waals surface area (Å²) >= 11 is 25.1. The van der Waals surface area contributed by atoms with Crippen molar-refractivity contribution in [3.8, 4) is 0 Å². The molecule has 3 rings (SSSR count). The van der Waals surface area contributed by atoms with Gasteiger partial charge < -0.3 is 15.2 Å². The zero-order valence-corrected chi connectivity index (χ0v) is 19.8. The summed E-state index contributed by atoms with van der Waals surface area (Å²) in [7, 11) is 1.71. The van der Waals surface area contributed by atoms with Crippen LogP contribution in [0.1, 0.15) is 5.82 Å². The van der Waals surface area contributed by atoms with E-state index in [1.54, 1.807) is 48.0 Å². The van der Waals surface area contributed by atoms with E-state index in [-0.39, 0.29) is 29.0 Å². The zero-order valence-electron chi connectivity index (χ0n) is 16.0. The molecule has 1 aromatic heterocycles. The Kier molecular flexibility index (Phi) is 8.07. The van der Waals surface area contributed by atoms with Crippen molar-refractivity contribution < 1.29 is 9.59 Å². The summed E-state index contributed by atoms with van der Waals surface area (Å²) in [6.07, 6.45) is -0.0277. The van der Waals surface area contributed by atoms with Crippen LogP contribution in [0.4, 0.5) is 11.4 Å². The third-order valence-corrected chi connectivity index (χ3v) is 6.22. The molecule has 1 heterocycles. The summed E-state index contributed by atoms with van der Waals surface area (Å²) in [6, 6.07) is 9.73. The van der Waals surface area contributed by atoms with Gasteiger partial charge in [0.15, 0.2) is 5.16 Å². The highest BCUT2D eigenvalue weighted by atomic mass is 35.5. The fraction of sp³-hybridized carbons (Fsp3) is 0.158. The maximum Gasteiger partial charge on any atom is 0.234 e. The predicted octanol–water partition coefficient (Wildman–Crippen LogP) is 5.34. The number of benzene rings is 2. The van der Waals surface area contributed by atoms with Gasteiger partial charge in [0.2, 0.25) is 11.8 Å². The van der Waals surface area contributed by atoms with Gasteiger partial charge in [-0.1, -0.05) is 64.2 Å². The number of anilines is 2. The van der Waals surface area contributed by atoms with Crippen LogP contribution in [0.15, 0.2) is 41.6 Å². The first-order chi connectivity index (χ1) is 14.7. The van der Waals surface area contributed by atoms with Crippen LogP contribution in [-0.2, 0) is 23.1 Å². The summed E-state index contributed by atoms with van der Waals surface area (Å²) < 4.78 is 1.65. The van der Waals surface area contributed by atoms with Crippen LogP contribution in [0.2, 0.25) is 20.1 Å². The van der Waals surface area contributed by atoms with Gasteiger partial charge in [-0.15, -0.1) is 10.2 Å². The molecule has 0 aliphatic heterocycles. The quantitative estimate of drug-likeness (QED) is 0.412. The molecule has 3 aromatic rings. The normalized spacial score (nSPS) is 10.7. The topological polar surface area (TPSA) is 88.9 Å². The van der Waals surface area contributed by atoms with E-state index in [4.69, 9.17) is 46.4 Å². The number of carbonyl (C=O) groups excluding carboxylic acids is 2. The van der Waals surface area contributed by atoms with E-state index in [1.165, 1.54) is 11.8 Å². The lowest BCUT2D eigenvalue weighted by molar-refractivity contribution is -0.116. The molecular formula is C19H15Cl4N5O2S. The number of hydrogen-bond donors (Lipinski definition) is 2. The van der Waals surface area contributed by atoms with Crippen molar-refractivity contribution >= 4 is 81.4 Å². The fourth-order valence-electron chi connectivity index (χ4n) is 2.52. The van der Waals surface area contributed by atoms with Crippen molar-refractivity contribution in [3.63, 3.8) is 0 Å². The van der Waals surface area contributed by atoms with Gasteiger partial charge in [-0.3, -0.25) is 9.59 Å². The van der Waals surface area contributed by atoms with Gasteiger partial charge in [0.25, 0.3) is 0 Å². The SMILES string of the molecule is Cn1c(CC(=O)Nc2cccc(Cl)c2Cl)nnc1SCC(=O)Nc1cc(Cl)cc(Cl)c1. The van der Waals surface area contributed by atoms with Crippen LogP contribution in [0.3, 0.4) is 0 Å². The lowest BCUT2D eigenvalue weighted by Crippen LogP contribution is -2.17. The van der Waals surface area contributed by atoms with Crippen LogP contribution in [0.25, 0.3) is 0 Å². The second kappa shape index (κ2) is 10.6. The van der Waals surface area contributed by atoms with E-state index in [0.29, 0.717) is 37.4 Å². The number of thioether (sulfide) groups is 1. The van der Waals surface area contributed by atoms with Gasteiger partial charge in [-0.25, -0.2) is 0 Å². The van der Waals surface area contributed by atoms with E-state index < -0.39 is 0 Å². The Morgan fingerprint density at radius 2 is 1.71 bits per heavy atom. The summed E-state index contributed by atoms with van der Waals surface area (Å²) in [5, 5.41) is 15.4. The standard InChI is InChI=1S/C19H15Cl4N5O2S/c1-28-15(8-16(29)25-14-4-2-3-13(22)18(14)23)26-27-19(28)31-9-17(30)24-12-6-10(20)5-11(21)7-12/h2-7H,8-9H2,1H3,(H,24,30)(H,25,29). The Hall–Kier alpha value is -1.97. The zero-order chi connectivity index (χ0) is 22.5. The monoisotopic (exact) mass is 517 g/mol. The maximum atomic E-state index is 12.3. The Bertz CT molecular complexity index is 1120. The molecule has 0 bridgehead atoms. The summed E-state index contributed by atoms with van der Waals surface area (Å²) in [5.41, 5.74) is 0.909. The number of amides is 2. The highest BCUT2D eigenvalue weighted by Gasteiger charge is 2.16. The summed E-state index contributed by atoms with van der Waals surface area (Å²) in [6.45, 7) is 0. The van der Waals surface area contributed by atoms with E-state index in [2.05, 4.69) is 20.8 Å². The van der Waals surface area contributed by atoms with Gasteiger partial charge in [-0.05, 0) is 30.3 Å². The highest BCUT2D eigenvalue weighted by molar-refractivity contribution is 7.99. The molecule has 0 atom stereocenters. The van der Waals surface area contributed by atoms with Crippen LogP contribution < -0.4 is 10.6 Å². The van der Waals surface area contributed by atoms with Crippen molar-refractivity contribution in [2.24, 2.45) is 7.05 Å². The molecule has 0 unspecified atom stereocenters. The lowest BCUT2D eigenvalue weighted by atomic mass is 10.3. The Labute approximate surface area is 202 Å². The van der Waals surface area contributed by atoms with Crippen LogP contribution >= 0.6 is 58.2 Å². The van der Waals surface area contributed by atoms with Gasteiger partial charge in [0.1, 0.15) is 5.82 Å². The molecule has 0 saturated heterocycles. The molecule has 12 heteroatoms. The van der Waals surface area contributed by atoms with Gasteiger partial charge in [0, 0.05) is 22.8 Å². The Balaban J connectivity index is 1.56. The van der Waals surface area contributed by atoms with Crippen LogP contribution in [-0.4, -0.2) is 32.3 Å². The number of halogens is 4. The number of rotatable bonds is 7. The first-order valence-corrected chi connectivity index (χ1v) is 11.2. The van der Waals surface area contributed by atoms with Gasteiger partial charge in [0.05, 0.1) is 27.9 Å². The molecule has 0 aliphatic carbocycles. The van der Waals surface area contributed by atoms with E-state index >= 15 is 0 Å². The first kappa shape index (κ1) is 23.7. The first-order valence-electron chi connectivity index (χ1n) is 8.74. The average molecular weight is 519 g/mol. The second-order valence-corrected chi connectivity index (χ2v) is 8.88. The molecule has 2 N–H and O–H groups in total. The molecule has 2 amide bonds. The predicted molar refractivity (Wildman–Crippen MR) is 126 cm³/mol. The molecule has 0 radical (unpaired) electrons. The molecule has 31 heavy (non-hydrogen) atoms. The van der Waals surface area contributed by atoms with E-state index in [0.717, 1.165) is 0 Å². The van der Waals surface area contributed by atoms with Crippen LogP contribution in [0, 0.1) is 0 Å². The summed E-state index contributed by atoms with van der Waals surface area (Å²) in [5.74, 6) is -0.0753. The number of aromatic nitrogens is 3. The largest absolute Gasteiger partial charge is 0.325 e. The third kappa shape index (κ3) is 6.51. The molecule has 0 saturated carbocycles. The fourth-order valence-corrected chi connectivity index (χ4v) is 4.12. The van der Waals surface area contributed by atoms with Crippen molar-refractivity contribution in [1.82, 2.24) is 14.8 Å². The minimum absolute atomic E-state index is 0.0277. The van der Waals surface area contributed by atoms with Crippen molar-refractivity contribution in [3.05, 3.63) is 62.3 Å². The smallest absolute Gasteiger partial charge is 0.234 e. The number of carbonyl (C=O) groups is 2. The Morgan fingerprint density at radius 3 is 2.42 bits per heavy atom. The van der Waals surface area contributed by atoms with E-state index in [1.807, 2.05) is 0 Å². The third-order valence-electron chi connectivity index (χ3n) is 3.95. The molecular weight excluding hydrogens is 504 g/mol. The average Bonchev–Trinajstić information content (AvgIpc) is 3.02. The minimum atomic E-state index is -0.327. The minimum Gasteiger partial charge on any atom is -0.325 e. The number of nitrogens with one attached hydrogen (secondary N) is 2.